The number of hydrogen-bond donors (Lipinski definition) is 0. The zero-order chi connectivity index (χ0) is 12.1. The van der Waals surface area contributed by atoms with Gasteiger partial charge in [0.15, 0.2) is 0 Å². The molecule has 0 radical (unpaired) electrons. The van der Waals surface area contributed by atoms with Gasteiger partial charge in [0.25, 0.3) is 0 Å². The van der Waals surface area contributed by atoms with Gasteiger partial charge in [0, 0.05) is 12.6 Å². The van der Waals surface area contributed by atoms with Gasteiger partial charge in [0.2, 0.25) is 5.91 Å². The largest absolute Gasteiger partial charge is 0.339 e. The molecule has 2 aliphatic heterocycles. The molecule has 3 heteroatoms. The van der Waals surface area contributed by atoms with E-state index in [0.717, 1.165) is 26.1 Å². The molecule has 0 aromatic heterocycles. The molecule has 0 aromatic carbocycles. The number of carbonyl (C=O) groups excluding carboxylic acids is 1. The highest BCUT2D eigenvalue weighted by atomic mass is 16.2. The molecular weight excluding hydrogens is 212 g/mol. The first-order valence-electron chi connectivity index (χ1n) is 7.33. The molecule has 2 aliphatic rings. The zero-order valence-electron chi connectivity index (χ0n) is 11.2. The Balaban J connectivity index is 1.84. The third-order valence-electron chi connectivity index (χ3n) is 4.23. The van der Waals surface area contributed by atoms with Crippen LogP contribution in [0.5, 0.6) is 0 Å². The van der Waals surface area contributed by atoms with E-state index < -0.39 is 0 Å². The summed E-state index contributed by atoms with van der Waals surface area (Å²) in [6.07, 6.45) is 8.70. The summed E-state index contributed by atoms with van der Waals surface area (Å²) in [7, 11) is 0. The fourth-order valence-electron chi connectivity index (χ4n) is 3.15. The number of rotatable bonds is 3. The minimum Gasteiger partial charge on any atom is -0.339 e. The summed E-state index contributed by atoms with van der Waals surface area (Å²) in [5.41, 5.74) is 0. The van der Waals surface area contributed by atoms with Gasteiger partial charge in [-0.1, -0.05) is 13.3 Å². The predicted molar refractivity (Wildman–Crippen MR) is 69.9 cm³/mol. The molecule has 0 spiro atoms. The van der Waals surface area contributed by atoms with Gasteiger partial charge in [0.1, 0.15) is 0 Å². The standard InChI is InChI=1S/C14H26N2O/c1-2-13-8-4-7-11-16(13)14(17)12-15-9-5-3-6-10-15/h13H,2-12H2,1H3. The van der Waals surface area contributed by atoms with E-state index in [4.69, 9.17) is 0 Å². The number of hydrogen-bond acceptors (Lipinski definition) is 2. The Labute approximate surface area is 105 Å². The Kier molecular flexibility index (Phi) is 4.84. The second-order valence-corrected chi connectivity index (χ2v) is 5.48. The zero-order valence-corrected chi connectivity index (χ0v) is 11.2. The van der Waals surface area contributed by atoms with E-state index >= 15 is 0 Å². The van der Waals surface area contributed by atoms with Crippen molar-refractivity contribution in [2.45, 2.75) is 57.9 Å². The summed E-state index contributed by atoms with van der Waals surface area (Å²) in [5, 5.41) is 0. The van der Waals surface area contributed by atoms with E-state index in [9.17, 15) is 4.79 Å². The highest BCUT2D eigenvalue weighted by molar-refractivity contribution is 5.78. The van der Waals surface area contributed by atoms with Crippen LogP contribution in [-0.4, -0.2) is 47.9 Å². The first-order valence-corrected chi connectivity index (χ1v) is 7.33. The summed E-state index contributed by atoms with van der Waals surface area (Å²) < 4.78 is 0. The molecular formula is C14H26N2O. The third-order valence-corrected chi connectivity index (χ3v) is 4.23. The molecule has 98 valence electrons. The molecule has 1 atom stereocenters. The quantitative estimate of drug-likeness (QED) is 0.753. The fraction of sp³-hybridized carbons (Fsp3) is 0.929. The van der Waals surface area contributed by atoms with Gasteiger partial charge in [-0.15, -0.1) is 0 Å². The summed E-state index contributed by atoms with van der Waals surface area (Å²) >= 11 is 0. The SMILES string of the molecule is CCC1CCCCN1C(=O)CN1CCCCC1. The molecule has 0 aromatic rings. The second kappa shape index (κ2) is 6.39. The number of likely N-dealkylation sites (tertiary alicyclic amines) is 2. The number of piperidine rings is 2. The minimum absolute atomic E-state index is 0.374. The summed E-state index contributed by atoms with van der Waals surface area (Å²) in [6, 6.07) is 0.515. The molecule has 0 saturated carbocycles. The highest BCUT2D eigenvalue weighted by Gasteiger charge is 2.26. The maximum absolute atomic E-state index is 12.3. The lowest BCUT2D eigenvalue weighted by Gasteiger charge is -2.37. The maximum Gasteiger partial charge on any atom is 0.236 e. The maximum atomic E-state index is 12.3. The van der Waals surface area contributed by atoms with Crippen LogP contribution in [0, 0.1) is 0 Å². The average Bonchev–Trinajstić information content (AvgIpc) is 2.40. The molecule has 1 amide bonds. The van der Waals surface area contributed by atoms with E-state index in [0.29, 0.717) is 18.5 Å². The Hall–Kier alpha value is -0.570. The van der Waals surface area contributed by atoms with E-state index in [-0.39, 0.29) is 0 Å². The van der Waals surface area contributed by atoms with Gasteiger partial charge >= 0.3 is 0 Å². The van der Waals surface area contributed by atoms with Crippen molar-refractivity contribution in [3.8, 4) is 0 Å². The Morgan fingerprint density at radius 2 is 1.76 bits per heavy atom. The van der Waals surface area contributed by atoms with Gasteiger partial charge in [-0.3, -0.25) is 9.69 Å². The van der Waals surface area contributed by atoms with E-state index in [1.54, 1.807) is 0 Å². The first-order chi connectivity index (χ1) is 8.31. The molecule has 2 saturated heterocycles. The predicted octanol–water partition coefficient (Wildman–Crippen LogP) is 2.26. The van der Waals surface area contributed by atoms with Crippen LogP contribution in [0.4, 0.5) is 0 Å². The van der Waals surface area contributed by atoms with Gasteiger partial charge < -0.3 is 4.90 Å². The van der Waals surface area contributed by atoms with Crippen molar-refractivity contribution >= 4 is 5.91 Å². The van der Waals surface area contributed by atoms with Crippen LogP contribution in [0.25, 0.3) is 0 Å². The first kappa shape index (κ1) is 12.9. The molecule has 2 heterocycles. The Bertz CT molecular complexity index is 249. The molecule has 3 nitrogen and oxygen atoms in total. The van der Waals surface area contributed by atoms with Crippen LogP contribution in [0.2, 0.25) is 0 Å². The average molecular weight is 238 g/mol. The minimum atomic E-state index is 0.374. The molecule has 0 N–H and O–H groups in total. The normalized spacial score (nSPS) is 27.1. The van der Waals surface area contributed by atoms with Crippen molar-refractivity contribution in [2.75, 3.05) is 26.2 Å². The monoisotopic (exact) mass is 238 g/mol. The molecule has 0 aliphatic carbocycles. The van der Waals surface area contributed by atoms with Crippen molar-refractivity contribution < 1.29 is 4.79 Å². The lowest BCUT2D eigenvalue weighted by molar-refractivity contribution is -0.136. The van der Waals surface area contributed by atoms with E-state index in [1.807, 2.05) is 0 Å². The van der Waals surface area contributed by atoms with Crippen LogP contribution >= 0.6 is 0 Å². The van der Waals surface area contributed by atoms with E-state index in [2.05, 4.69) is 16.7 Å². The highest BCUT2D eigenvalue weighted by Crippen LogP contribution is 2.20. The summed E-state index contributed by atoms with van der Waals surface area (Å²) in [6.45, 7) is 6.10. The van der Waals surface area contributed by atoms with Crippen molar-refractivity contribution in [3.63, 3.8) is 0 Å². The molecule has 0 bridgehead atoms. The van der Waals surface area contributed by atoms with Crippen LogP contribution < -0.4 is 0 Å². The third kappa shape index (κ3) is 3.44. The summed E-state index contributed by atoms with van der Waals surface area (Å²) in [4.78, 5) is 16.8. The topological polar surface area (TPSA) is 23.6 Å². The number of amides is 1. The lowest BCUT2D eigenvalue weighted by atomic mass is 10.00. The lowest BCUT2D eigenvalue weighted by Crippen LogP contribution is -2.48. The van der Waals surface area contributed by atoms with Crippen molar-refractivity contribution in [1.29, 1.82) is 0 Å². The van der Waals surface area contributed by atoms with Crippen molar-refractivity contribution in [2.24, 2.45) is 0 Å². The molecule has 1 unspecified atom stereocenters. The van der Waals surface area contributed by atoms with Crippen LogP contribution in [0.3, 0.4) is 0 Å². The van der Waals surface area contributed by atoms with Gasteiger partial charge in [-0.05, 0) is 51.6 Å². The molecule has 17 heavy (non-hydrogen) atoms. The van der Waals surface area contributed by atoms with Gasteiger partial charge in [-0.25, -0.2) is 0 Å². The van der Waals surface area contributed by atoms with E-state index in [1.165, 1.54) is 38.5 Å². The summed E-state index contributed by atoms with van der Waals surface area (Å²) in [5.74, 6) is 0.374. The van der Waals surface area contributed by atoms with Crippen molar-refractivity contribution in [3.05, 3.63) is 0 Å². The Morgan fingerprint density at radius 1 is 1.06 bits per heavy atom. The second-order valence-electron chi connectivity index (χ2n) is 5.48. The molecule has 2 rings (SSSR count). The van der Waals surface area contributed by atoms with Crippen LogP contribution in [0.15, 0.2) is 0 Å². The van der Waals surface area contributed by atoms with Gasteiger partial charge in [0.05, 0.1) is 6.54 Å². The number of carbonyl (C=O) groups is 1. The Morgan fingerprint density at radius 3 is 2.47 bits per heavy atom. The van der Waals surface area contributed by atoms with Crippen LogP contribution in [0.1, 0.15) is 51.9 Å². The smallest absolute Gasteiger partial charge is 0.236 e. The van der Waals surface area contributed by atoms with Crippen LogP contribution in [-0.2, 0) is 4.79 Å². The fourth-order valence-corrected chi connectivity index (χ4v) is 3.15. The van der Waals surface area contributed by atoms with Crippen molar-refractivity contribution in [1.82, 2.24) is 9.80 Å². The van der Waals surface area contributed by atoms with Gasteiger partial charge in [-0.2, -0.15) is 0 Å². The number of nitrogens with zero attached hydrogens (tertiary/aromatic N) is 2. The molecule has 2 fully saturated rings.